The minimum absolute atomic E-state index is 0.236. The van der Waals surface area contributed by atoms with Gasteiger partial charge in [0.25, 0.3) is 0 Å². The Bertz CT molecular complexity index is 367. The van der Waals surface area contributed by atoms with Crippen LogP contribution in [0.1, 0.15) is 39.0 Å². The van der Waals surface area contributed by atoms with Crippen LogP contribution in [-0.4, -0.2) is 34.5 Å². The van der Waals surface area contributed by atoms with Crippen LogP contribution in [0.15, 0.2) is 0 Å². The summed E-state index contributed by atoms with van der Waals surface area (Å²) in [5, 5.41) is 8.99. The van der Waals surface area contributed by atoms with Crippen LogP contribution in [0.4, 0.5) is 0 Å². The Morgan fingerprint density at radius 1 is 1.22 bits per heavy atom. The summed E-state index contributed by atoms with van der Waals surface area (Å²) in [4.78, 5) is 25.3. The quantitative estimate of drug-likeness (QED) is 0.809. The molecule has 0 spiro atoms. The van der Waals surface area contributed by atoms with Crippen molar-refractivity contribution in [3.8, 4) is 0 Å². The van der Waals surface area contributed by atoms with E-state index >= 15 is 0 Å². The fourth-order valence-electron chi connectivity index (χ4n) is 3.56. The van der Waals surface area contributed by atoms with Crippen LogP contribution in [0.3, 0.4) is 0 Å². The summed E-state index contributed by atoms with van der Waals surface area (Å²) in [6.07, 6.45) is 5.79. The highest BCUT2D eigenvalue weighted by molar-refractivity contribution is 5.83. The molecule has 3 aliphatic rings. The number of carbonyl (C=O) groups excluding carboxylic acids is 1. The van der Waals surface area contributed by atoms with E-state index in [1.54, 1.807) is 6.92 Å². The lowest BCUT2D eigenvalue weighted by Gasteiger charge is -2.25. The van der Waals surface area contributed by atoms with Crippen molar-refractivity contribution in [3.05, 3.63) is 0 Å². The first-order valence-corrected chi connectivity index (χ1v) is 7.13. The first kappa shape index (κ1) is 12.0. The lowest BCUT2D eigenvalue weighted by Crippen LogP contribution is -2.40. The maximum atomic E-state index is 12.5. The third-order valence-electron chi connectivity index (χ3n) is 4.85. The predicted molar refractivity (Wildman–Crippen MR) is 65.9 cm³/mol. The van der Waals surface area contributed by atoms with Gasteiger partial charge in [-0.25, -0.2) is 0 Å². The maximum Gasteiger partial charge on any atom is 0.308 e. The zero-order valence-electron chi connectivity index (χ0n) is 10.8. The first-order valence-electron chi connectivity index (χ1n) is 7.13. The maximum absolute atomic E-state index is 12.5. The van der Waals surface area contributed by atoms with E-state index in [0.29, 0.717) is 24.4 Å². The summed E-state index contributed by atoms with van der Waals surface area (Å²) in [5.74, 6) is 0.482. The Balaban J connectivity index is 1.63. The van der Waals surface area contributed by atoms with Crippen molar-refractivity contribution in [2.75, 3.05) is 6.54 Å². The van der Waals surface area contributed by atoms with Gasteiger partial charge in [-0.3, -0.25) is 9.59 Å². The van der Waals surface area contributed by atoms with Crippen LogP contribution in [0.25, 0.3) is 0 Å². The second-order valence-corrected chi connectivity index (χ2v) is 6.25. The van der Waals surface area contributed by atoms with E-state index < -0.39 is 11.9 Å². The number of amides is 1. The number of fused-ring (bicyclic) bond motifs is 1. The van der Waals surface area contributed by atoms with E-state index in [-0.39, 0.29) is 11.8 Å². The minimum atomic E-state index is -0.801. The summed E-state index contributed by atoms with van der Waals surface area (Å²) in [5.41, 5.74) is 0. The number of rotatable bonds is 5. The number of carboxylic acid groups (broad SMARTS) is 1. The molecule has 1 N–H and O–H groups in total. The molecular weight excluding hydrogens is 230 g/mol. The van der Waals surface area contributed by atoms with Crippen LogP contribution < -0.4 is 0 Å². The zero-order valence-corrected chi connectivity index (χ0v) is 10.8. The number of hydrogen-bond donors (Lipinski definition) is 1. The number of carbonyl (C=O) groups is 2. The lowest BCUT2D eigenvalue weighted by atomic mass is 10.1. The van der Waals surface area contributed by atoms with Crippen molar-refractivity contribution in [1.82, 2.24) is 4.90 Å². The summed E-state index contributed by atoms with van der Waals surface area (Å²) in [6, 6.07) is 0.334. The molecule has 3 saturated carbocycles. The van der Waals surface area contributed by atoms with Gasteiger partial charge in [0, 0.05) is 18.5 Å². The lowest BCUT2D eigenvalue weighted by molar-refractivity contribution is -0.143. The molecule has 100 valence electrons. The highest BCUT2D eigenvalue weighted by atomic mass is 16.4. The third-order valence-corrected chi connectivity index (χ3v) is 4.85. The Labute approximate surface area is 107 Å². The number of hydrogen-bond acceptors (Lipinski definition) is 2. The number of nitrogens with zero attached hydrogens (tertiary/aromatic N) is 1. The summed E-state index contributed by atoms with van der Waals surface area (Å²) in [6.45, 7) is 2.09. The van der Waals surface area contributed by atoms with E-state index in [4.69, 9.17) is 5.11 Å². The average Bonchev–Trinajstić information content (AvgIpc) is 3.24. The topological polar surface area (TPSA) is 57.6 Å². The Morgan fingerprint density at radius 3 is 2.33 bits per heavy atom. The molecule has 4 heteroatoms. The van der Waals surface area contributed by atoms with Gasteiger partial charge in [-0.05, 0) is 37.5 Å². The minimum Gasteiger partial charge on any atom is -0.481 e. The van der Waals surface area contributed by atoms with Crippen molar-refractivity contribution < 1.29 is 14.7 Å². The van der Waals surface area contributed by atoms with Crippen LogP contribution in [0, 0.1) is 23.7 Å². The normalized spacial score (nSPS) is 34.8. The fraction of sp³-hybridized carbons (Fsp3) is 0.857. The van der Waals surface area contributed by atoms with Crippen molar-refractivity contribution >= 4 is 11.9 Å². The van der Waals surface area contributed by atoms with Gasteiger partial charge in [0.15, 0.2) is 0 Å². The van der Waals surface area contributed by atoms with E-state index in [1.807, 2.05) is 4.90 Å². The van der Waals surface area contributed by atoms with Crippen molar-refractivity contribution in [2.45, 2.75) is 45.1 Å². The van der Waals surface area contributed by atoms with E-state index in [2.05, 4.69) is 0 Å². The monoisotopic (exact) mass is 251 g/mol. The molecule has 3 aliphatic carbocycles. The van der Waals surface area contributed by atoms with Gasteiger partial charge in [0.1, 0.15) is 0 Å². The van der Waals surface area contributed by atoms with E-state index in [1.165, 1.54) is 19.3 Å². The van der Waals surface area contributed by atoms with Crippen LogP contribution in [0.5, 0.6) is 0 Å². The molecule has 0 bridgehead atoms. The van der Waals surface area contributed by atoms with Crippen LogP contribution in [0.2, 0.25) is 0 Å². The molecule has 3 unspecified atom stereocenters. The van der Waals surface area contributed by atoms with Gasteiger partial charge in [-0.2, -0.15) is 0 Å². The second kappa shape index (κ2) is 4.25. The fourth-order valence-corrected chi connectivity index (χ4v) is 3.56. The molecule has 3 atom stereocenters. The molecule has 0 aromatic rings. The number of aliphatic carboxylic acids is 1. The molecule has 0 aromatic carbocycles. The highest BCUT2D eigenvalue weighted by Crippen LogP contribution is 2.58. The van der Waals surface area contributed by atoms with Gasteiger partial charge < -0.3 is 10.0 Å². The number of carboxylic acids is 1. The van der Waals surface area contributed by atoms with Gasteiger partial charge in [0.2, 0.25) is 5.91 Å². The smallest absolute Gasteiger partial charge is 0.308 e. The Kier molecular flexibility index (Phi) is 2.83. The summed E-state index contributed by atoms with van der Waals surface area (Å²) in [7, 11) is 0. The Hall–Kier alpha value is -1.06. The van der Waals surface area contributed by atoms with Gasteiger partial charge in [-0.1, -0.05) is 13.3 Å². The van der Waals surface area contributed by atoms with Crippen LogP contribution >= 0.6 is 0 Å². The molecule has 0 heterocycles. The predicted octanol–water partition coefficient (Wildman–Crippen LogP) is 1.74. The largest absolute Gasteiger partial charge is 0.481 e. The summed E-state index contributed by atoms with van der Waals surface area (Å²) < 4.78 is 0. The Morgan fingerprint density at radius 2 is 1.83 bits per heavy atom. The molecule has 0 radical (unpaired) electrons. The molecule has 0 saturated heterocycles. The first-order chi connectivity index (χ1) is 8.59. The highest BCUT2D eigenvalue weighted by Gasteiger charge is 2.58. The average molecular weight is 251 g/mol. The molecular formula is C14H21NO3. The molecule has 3 fully saturated rings. The van der Waals surface area contributed by atoms with Gasteiger partial charge >= 0.3 is 5.97 Å². The van der Waals surface area contributed by atoms with Crippen LogP contribution in [-0.2, 0) is 9.59 Å². The molecule has 18 heavy (non-hydrogen) atoms. The van der Waals surface area contributed by atoms with E-state index in [0.717, 1.165) is 12.8 Å². The zero-order chi connectivity index (χ0) is 12.9. The SMILES string of the molecule is CC(CN(C(=O)C1C2CCCC21)C1CC1)C(=O)O. The summed E-state index contributed by atoms with van der Waals surface area (Å²) >= 11 is 0. The molecule has 3 rings (SSSR count). The molecule has 1 amide bonds. The molecule has 0 aliphatic heterocycles. The standard InChI is InChI=1S/C14H21NO3/c1-8(14(17)18)7-15(9-5-6-9)13(16)12-10-3-2-4-11(10)12/h8-12H,2-7H2,1H3,(H,17,18). The second-order valence-electron chi connectivity index (χ2n) is 6.25. The molecule has 0 aromatic heterocycles. The molecule has 4 nitrogen and oxygen atoms in total. The van der Waals surface area contributed by atoms with Gasteiger partial charge in [0.05, 0.1) is 5.92 Å². The van der Waals surface area contributed by atoms with Crippen molar-refractivity contribution in [3.63, 3.8) is 0 Å². The third kappa shape index (κ3) is 2.02. The van der Waals surface area contributed by atoms with Crippen molar-refractivity contribution in [1.29, 1.82) is 0 Å². The van der Waals surface area contributed by atoms with Gasteiger partial charge in [-0.15, -0.1) is 0 Å². The van der Waals surface area contributed by atoms with E-state index in [9.17, 15) is 9.59 Å². The van der Waals surface area contributed by atoms with Crippen molar-refractivity contribution in [2.24, 2.45) is 23.7 Å².